The van der Waals surface area contributed by atoms with E-state index in [4.69, 9.17) is 9.47 Å². The van der Waals surface area contributed by atoms with Gasteiger partial charge >= 0.3 is 0 Å². The van der Waals surface area contributed by atoms with Crippen LogP contribution in [0.3, 0.4) is 0 Å². The molecule has 0 radical (unpaired) electrons. The molecule has 1 rings (SSSR count). The van der Waals surface area contributed by atoms with Gasteiger partial charge in [-0.3, -0.25) is 4.79 Å². The van der Waals surface area contributed by atoms with Crippen molar-refractivity contribution in [3.8, 4) is 0 Å². The van der Waals surface area contributed by atoms with E-state index in [0.29, 0.717) is 6.42 Å². The number of nitrogens with one attached hydrogen (secondary N) is 1. The van der Waals surface area contributed by atoms with Crippen molar-refractivity contribution in [1.29, 1.82) is 0 Å². The van der Waals surface area contributed by atoms with Crippen LogP contribution in [0.1, 0.15) is 354 Å². The molecule has 462 valence electrons. The minimum atomic E-state index is -1.57. The second-order valence-electron chi connectivity index (χ2n) is 24.3. The van der Waals surface area contributed by atoms with Crippen LogP contribution in [0, 0.1) is 0 Å². The highest BCUT2D eigenvalue weighted by atomic mass is 16.7. The van der Waals surface area contributed by atoms with Crippen LogP contribution in [-0.2, 0) is 14.3 Å². The van der Waals surface area contributed by atoms with E-state index in [1.807, 2.05) is 6.08 Å². The van der Waals surface area contributed by atoms with Gasteiger partial charge in [0.25, 0.3) is 0 Å². The Labute approximate surface area is 483 Å². The number of aliphatic hydroxyl groups excluding tert-OH is 5. The van der Waals surface area contributed by atoms with Crippen LogP contribution in [0.4, 0.5) is 0 Å². The summed E-state index contributed by atoms with van der Waals surface area (Å²) < 4.78 is 11.3. The third kappa shape index (κ3) is 47.2. The number of carbonyl (C=O) groups excluding carboxylic acids is 1. The third-order valence-electron chi connectivity index (χ3n) is 16.8. The number of allylic oxidation sites excluding steroid dienone is 3. The van der Waals surface area contributed by atoms with Crippen molar-refractivity contribution in [2.24, 2.45) is 0 Å². The average molecular weight is 1100 g/mol. The molecule has 1 saturated heterocycles. The van der Waals surface area contributed by atoms with Gasteiger partial charge in [0.15, 0.2) is 6.29 Å². The molecule has 1 heterocycles. The molecule has 0 aromatic rings. The number of aliphatic hydroxyl groups is 5. The predicted molar refractivity (Wildman–Crippen MR) is 332 cm³/mol. The Morgan fingerprint density at radius 1 is 0.423 bits per heavy atom. The Morgan fingerprint density at radius 3 is 1.04 bits per heavy atom. The number of ether oxygens (including phenoxy) is 2. The lowest BCUT2D eigenvalue weighted by Gasteiger charge is -2.40. The van der Waals surface area contributed by atoms with Gasteiger partial charge in [0, 0.05) is 6.42 Å². The molecule has 7 unspecified atom stereocenters. The van der Waals surface area contributed by atoms with E-state index in [1.54, 1.807) is 6.08 Å². The van der Waals surface area contributed by atoms with Gasteiger partial charge < -0.3 is 40.3 Å². The van der Waals surface area contributed by atoms with E-state index < -0.39 is 49.5 Å². The van der Waals surface area contributed by atoms with Crippen molar-refractivity contribution >= 4 is 5.91 Å². The fraction of sp³-hybridized carbons (Fsp3) is 0.928. The molecule has 9 heteroatoms. The Bertz CT molecular complexity index is 1280. The number of rotatable bonds is 61. The standard InChI is InChI=1S/C69H133NO8/c1-3-5-7-9-11-13-15-17-19-21-23-25-27-28-29-30-31-32-33-34-35-36-37-39-41-43-45-47-49-51-53-55-57-59-65(73)70-62(61-77-69-68(76)67(75)66(74)64(60-71)78-69)63(72)58-56-54-52-50-48-46-44-42-40-38-26-24-22-20-18-16-14-12-10-8-6-4-2/h21,23,56,58,62-64,66-69,71-72,74-76H,3-20,22,24-55,57,59-61H2,1-2H3,(H,70,73)/b23-21-,58-56+. The van der Waals surface area contributed by atoms with E-state index in [2.05, 4.69) is 31.3 Å². The summed E-state index contributed by atoms with van der Waals surface area (Å²) in [5.74, 6) is -0.169. The fourth-order valence-electron chi connectivity index (χ4n) is 11.3. The zero-order valence-corrected chi connectivity index (χ0v) is 51.7. The number of carbonyl (C=O) groups is 1. The van der Waals surface area contributed by atoms with Crippen LogP contribution in [0.5, 0.6) is 0 Å². The summed E-state index contributed by atoms with van der Waals surface area (Å²) in [4.78, 5) is 13.1. The summed E-state index contributed by atoms with van der Waals surface area (Å²) in [7, 11) is 0. The summed E-state index contributed by atoms with van der Waals surface area (Å²) in [6, 6.07) is -0.803. The number of amides is 1. The van der Waals surface area contributed by atoms with Crippen LogP contribution in [0.15, 0.2) is 24.3 Å². The summed E-state index contributed by atoms with van der Waals surface area (Å²) in [5, 5.41) is 54.7. The maximum absolute atomic E-state index is 13.1. The van der Waals surface area contributed by atoms with Gasteiger partial charge in [0.2, 0.25) is 5.91 Å². The smallest absolute Gasteiger partial charge is 0.220 e. The normalized spacial score (nSPS) is 18.7. The van der Waals surface area contributed by atoms with Gasteiger partial charge in [0.05, 0.1) is 25.4 Å². The van der Waals surface area contributed by atoms with Crippen LogP contribution >= 0.6 is 0 Å². The van der Waals surface area contributed by atoms with E-state index in [9.17, 15) is 30.3 Å². The summed E-state index contributed by atoms with van der Waals surface area (Å²) >= 11 is 0. The molecule has 0 aliphatic carbocycles. The first kappa shape index (κ1) is 74.7. The molecule has 1 amide bonds. The van der Waals surface area contributed by atoms with Gasteiger partial charge in [-0.1, -0.05) is 327 Å². The summed E-state index contributed by atoms with van der Waals surface area (Å²) in [6.45, 7) is 3.83. The van der Waals surface area contributed by atoms with Crippen molar-refractivity contribution in [3.05, 3.63) is 24.3 Å². The lowest BCUT2D eigenvalue weighted by atomic mass is 9.99. The minimum absolute atomic E-state index is 0.169. The molecule has 1 aliphatic rings. The molecule has 6 N–H and O–H groups in total. The van der Waals surface area contributed by atoms with Crippen molar-refractivity contribution in [2.45, 2.75) is 397 Å². The SMILES string of the molecule is CCCCCCCCCC/C=C\CCCCCCCCCCCCCCCCCCCCCCCC(=O)NC(COC1OC(CO)C(O)C(O)C1O)C(O)/C=C/CCCCCCCCCCCCCCCCCCCCCC. The van der Waals surface area contributed by atoms with Crippen LogP contribution < -0.4 is 5.32 Å². The van der Waals surface area contributed by atoms with Crippen molar-refractivity contribution in [3.63, 3.8) is 0 Å². The minimum Gasteiger partial charge on any atom is -0.394 e. The molecule has 0 bridgehead atoms. The molecular formula is C69H133NO8. The molecule has 9 nitrogen and oxygen atoms in total. The fourth-order valence-corrected chi connectivity index (χ4v) is 11.3. The summed E-state index contributed by atoms with van der Waals surface area (Å²) in [6.07, 6.45) is 70.0. The molecule has 0 spiro atoms. The van der Waals surface area contributed by atoms with Crippen molar-refractivity contribution in [2.75, 3.05) is 13.2 Å². The Morgan fingerprint density at radius 2 is 0.718 bits per heavy atom. The second kappa shape index (κ2) is 58.9. The topological polar surface area (TPSA) is 149 Å². The van der Waals surface area contributed by atoms with E-state index >= 15 is 0 Å². The first-order valence-electron chi connectivity index (χ1n) is 34.6. The van der Waals surface area contributed by atoms with Gasteiger partial charge in [-0.25, -0.2) is 0 Å². The molecule has 1 fully saturated rings. The first-order valence-corrected chi connectivity index (χ1v) is 34.6. The van der Waals surface area contributed by atoms with Gasteiger partial charge in [0.1, 0.15) is 24.4 Å². The molecule has 78 heavy (non-hydrogen) atoms. The maximum Gasteiger partial charge on any atom is 0.220 e. The van der Waals surface area contributed by atoms with Gasteiger partial charge in [-0.15, -0.1) is 0 Å². The van der Waals surface area contributed by atoms with E-state index in [1.165, 1.54) is 295 Å². The second-order valence-corrected chi connectivity index (χ2v) is 24.3. The predicted octanol–water partition coefficient (Wildman–Crippen LogP) is 18.5. The molecule has 0 aromatic heterocycles. The Kier molecular flexibility index (Phi) is 56.3. The lowest BCUT2D eigenvalue weighted by molar-refractivity contribution is -0.302. The molecule has 0 aromatic carbocycles. The van der Waals surface area contributed by atoms with Crippen molar-refractivity contribution < 1.29 is 39.8 Å². The highest BCUT2D eigenvalue weighted by Crippen LogP contribution is 2.23. The number of unbranched alkanes of at least 4 members (excludes halogenated alkanes) is 49. The third-order valence-corrected chi connectivity index (χ3v) is 16.8. The molecule has 7 atom stereocenters. The highest BCUT2D eigenvalue weighted by molar-refractivity contribution is 5.76. The summed E-state index contributed by atoms with van der Waals surface area (Å²) in [5.41, 5.74) is 0. The number of hydrogen-bond donors (Lipinski definition) is 6. The Hall–Kier alpha value is -1.33. The monoisotopic (exact) mass is 1100 g/mol. The first-order chi connectivity index (χ1) is 38.3. The van der Waals surface area contributed by atoms with Crippen LogP contribution in [-0.4, -0.2) is 87.5 Å². The quantitative estimate of drug-likeness (QED) is 0.0261. The largest absolute Gasteiger partial charge is 0.394 e. The molecule has 1 aliphatic heterocycles. The highest BCUT2D eigenvalue weighted by Gasteiger charge is 2.44. The molecular weight excluding hydrogens is 971 g/mol. The maximum atomic E-state index is 13.1. The van der Waals surface area contributed by atoms with E-state index in [0.717, 1.165) is 38.5 Å². The van der Waals surface area contributed by atoms with Crippen LogP contribution in [0.25, 0.3) is 0 Å². The Balaban J connectivity index is 2.11. The zero-order chi connectivity index (χ0) is 56.5. The lowest BCUT2D eigenvalue weighted by Crippen LogP contribution is -2.60. The van der Waals surface area contributed by atoms with Gasteiger partial charge in [-0.2, -0.15) is 0 Å². The average Bonchev–Trinajstić information content (AvgIpc) is 3.45. The van der Waals surface area contributed by atoms with Crippen molar-refractivity contribution in [1.82, 2.24) is 5.32 Å². The zero-order valence-electron chi connectivity index (χ0n) is 51.7. The van der Waals surface area contributed by atoms with Gasteiger partial charge in [-0.05, 0) is 44.9 Å². The van der Waals surface area contributed by atoms with Crippen LogP contribution in [0.2, 0.25) is 0 Å². The number of hydrogen-bond acceptors (Lipinski definition) is 8. The van der Waals surface area contributed by atoms with E-state index in [-0.39, 0.29) is 12.5 Å². The molecule has 0 saturated carbocycles.